The minimum Gasteiger partial charge on any atom is -0.353 e. The molecule has 1 atom stereocenters. The van der Waals surface area contributed by atoms with Crippen molar-refractivity contribution >= 4 is 5.91 Å². The van der Waals surface area contributed by atoms with Crippen LogP contribution in [-0.2, 0) is 6.54 Å². The SMILES string of the molecule is CCn1cc(C(=O)N2CCCC[C@@H]2C)c2n[nH]c(=O)c-2c1. The first-order valence-electron chi connectivity index (χ1n) is 7.51. The number of piperidine rings is 1. The van der Waals surface area contributed by atoms with Crippen molar-refractivity contribution in [3.63, 3.8) is 0 Å². The highest BCUT2D eigenvalue weighted by atomic mass is 16.2. The number of rotatable bonds is 2. The van der Waals surface area contributed by atoms with Crippen LogP contribution in [0, 0.1) is 0 Å². The van der Waals surface area contributed by atoms with E-state index in [9.17, 15) is 9.59 Å². The summed E-state index contributed by atoms with van der Waals surface area (Å²) in [5, 5.41) is 6.48. The molecule has 0 bridgehead atoms. The second kappa shape index (κ2) is 5.35. The minimum atomic E-state index is -0.242. The van der Waals surface area contributed by atoms with E-state index < -0.39 is 0 Å². The summed E-state index contributed by atoms with van der Waals surface area (Å²) in [4.78, 5) is 26.6. The van der Waals surface area contributed by atoms with Crippen LogP contribution in [0.5, 0.6) is 0 Å². The minimum absolute atomic E-state index is 0.0264. The van der Waals surface area contributed by atoms with Gasteiger partial charge in [-0.2, -0.15) is 5.10 Å². The summed E-state index contributed by atoms with van der Waals surface area (Å²) in [6.07, 6.45) is 6.77. The van der Waals surface area contributed by atoms with Gasteiger partial charge in [0.2, 0.25) is 0 Å². The van der Waals surface area contributed by atoms with Crippen molar-refractivity contribution in [3.05, 3.63) is 28.3 Å². The fourth-order valence-corrected chi connectivity index (χ4v) is 2.98. The fourth-order valence-electron chi connectivity index (χ4n) is 2.98. The van der Waals surface area contributed by atoms with Crippen molar-refractivity contribution in [2.75, 3.05) is 6.54 Å². The number of aromatic nitrogens is 3. The van der Waals surface area contributed by atoms with Crippen molar-refractivity contribution in [2.45, 2.75) is 45.7 Å². The van der Waals surface area contributed by atoms with Gasteiger partial charge in [0.05, 0.1) is 11.1 Å². The molecule has 112 valence electrons. The molecule has 0 aromatic rings. The van der Waals surface area contributed by atoms with Gasteiger partial charge in [0.1, 0.15) is 5.69 Å². The predicted octanol–water partition coefficient (Wildman–Crippen LogP) is 1.71. The Kier molecular flexibility index (Phi) is 3.53. The van der Waals surface area contributed by atoms with Crippen molar-refractivity contribution in [1.29, 1.82) is 0 Å². The number of aromatic amines is 1. The molecule has 1 amide bonds. The summed E-state index contributed by atoms with van der Waals surface area (Å²) in [6, 6.07) is 0.238. The molecule has 6 nitrogen and oxygen atoms in total. The highest BCUT2D eigenvalue weighted by Gasteiger charge is 2.28. The highest BCUT2D eigenvalue weighted by molar-refractivity contribution is 6.00. The normalized spacial score (nSPS) is 19.1. The molecule has 3 aliphatic rings. The zero-order valence-electron chi connectivity index (χ0n) is 12.4. The van der Waals surface area contributed by atoms with E-state index in [2.05, 4.69) is 17.1 Å². The van der Waals surface area contributed by atoms with E-state index in [1.54, 1.807) is 12.4 Å². The maximum Gasteiger partial charge on any atom is 0.275 e. The fraction of sp³-hybridized carbons (Fsp3) is 0.533. The van der Waals surface area contributed by atoms with Crippen LogP contribution in [0.2, 0.25) is 0 Å². The van der Waals surface area contributed by atoms with Crippen LogP contribution in [0.3, 0.4) is 0 Å². The number of likely N-dealkylation sites (tertiary alicyclic amines) is 1. The van der Waals surface area contributed by atoms with E-state index in [4.69, 9.17) is 0 Å². The topological polar surface area (TPSA) is 71.0 Å². The molecule has 21 heavy (non-hydrogen) atoms. The zero-order chi connectivity index (χ0) is 15.0. The third-order valence-electron chi connectivity index (χ3n) is 4.27. The Morgan fingerprint density at radius 1 is 1.43 bits per heavy atom. The molecule has 3 rings (SSSR count). The number of aryl methyl sites for hydroxylation is 1. The second-order valence-electron chi connectivity index (χ2n) is 5.66. The van der Waals surface area contributed by atoms with Gasteiger partial charge >= 0.3 is 0 Å². The quantitative estimate of drug-likeness (QED) is 0.914. The first-order valence-corrected chi connectivity index (χ1v) is 7.51. The van der Waals surface area contributed by atoms with Gasteiger partial charge < -0.3 is 9.47 Å². The Balaban J connectivity index is 2.06. The summed E-state index contributed by atoms with van der Waals surface area (Å²) >= 11 is 0. The van der Waals surface area contributed by atoms with Gasteiger partial charge in [0, 0.05) is 31.5 Å². The van der Waals surface area contributed by atoms with Crippen molar-refractivity contribution < 1.29 is 4.79 Å². The van der Waals surface area contributed by atoms with Crippen LogP contribution in [0.25, 0.3) is 11.3 Å². The monoisotopic (exact) mass is 288 g/mol. The van der Waals surface area contributed by atoms with Crippen LogP contribution in [0.1, 0.15) is 43.5 Å². The Labute approximate surface area is 123 Å². The van der Waals surface area contributed by atoms with Gasteiger partial charge in [-0.25, -0.2) is 5.10 Å². The Bertz CT molecular complexity index is 688. The van der Waals surface area contributed by atoms with E-state index >= 15 is 0 Å². The molecular formula is C15H20N4O2. The Morgan fingerprint density at radius 2 is 2.24 bits per heavy atom. The number of amides is 1. The van der Waals surface area contributed by atoms with Crippen LogP contribution < -0.4 is 5.56 Å². The molecule has 1 saturated heterocycles. The largest absolute Gasteiger partial charge is 0.353 e. The van der Waals surface area contributed by atoms with Gasteiger partial charge in [-0.3, -0.25) is 9.59 Å². The lowest BCUT2D eigenvalue weighted by Crippen LogP contribution is -2.42. The number of nitrogens with zero attached hydrogens (tertiary/aromatic N) is 3. The van der Waals surface area contributed by atoms with Gasteiger partial charge in [0.25, 0.3) is 11.5 Å². The highest BCUT2D eigenvalue weighted by Crippen LogP contribution is 2.25. The predicted molar refractivity (Wildman–Crippen MR) is 79.5 cm³/mol. The van der Waals surface area contributed by atoms with Gasteiger partial charge in [-0.05, 0) is 33.1 Å². The number of carbonyl (C=O) groups excluding carboxylic acids is 1. The average Bonchev–Trinajstić information content (AvgIpc) is 2.87. The van der Waals surface area contributed by atoms with Crippen LogP contribution >= 0.6 is 0 Å². The summed E-state index contributed by atoms with van der Waals surface area (Å²) in [7, 11) is 0. The lowest BCUT2D eigenvalue weighted by atomic mass is 10.0. The smallest absolute Gasteiger partial charge is 0.275 e. The molecule has 0 saturated carbocycles. The van der Waals surface area contributed by atoms with Crippen molar-refractivity contribution in [2.24, 2.45) is 0 Å². The molecular weight excluding hydrogens is 268 g/mol. The number of hydrogen-bond donors (Lipinski definition) is 1. The maximum atomic E-state index is 12.9. The lowest BCUT2D eigenvalue weighted by Gasteiger charge is -2.33. The van der Waals surface area contributed by atoms with Gasteiger partial charge in [0.15, 0.2) is 0 Å². The Morgan fingerprint density at radius 3 is 2.95 bits per heavy atom. The molecule has 1 N–H and O–H groups in total. The van der Waals surface area contributed by atoms with E-state index in [1.165, 1.54) is 0 Å². The first-order chi connectivity index (χ1) is 10.1. The van der Waals surface area contributed by atoms with Gasteiger partial charge in [-0.15, -0.1) is 0 Å². The standard InChI is InChI=1S/C15H20N4O2/c1-3-18-8-11-13(16-17-14(11)20)12(9-18)15(21)19-7-5-4-6-10(19)2/h8-10H,3-7H2,1-2H3,(H,17,20)/t10-/m0/s1. The molecule has 3 aliphatic heterocycles. The number of pyridine rings is 1. The molecule has 0 aromatic carbocycles. The zero-order valence-corrected chi connectivity index (χ0v) is 12.4. The number of nitrogens with one attached hydrogen (secondary N) is 1. The van der Waals surface area contributed by atoms with Crippen LogP contribution in [0.15, 0.2) is 17.2 Å². The molecule has 3 heterocycles. The Hall–Kier alpha value is -2.11. The molecule has 1 fully saturated rings. The average molecular weight is 288 g/mol. The maximum absolute atomic E-state index is 12.9. The van der Waals surface area contributed by atoms with E-state index in [-0.39, 0.29) is 17.5 Å². The molecule has 0 unspecified atom stereocenters. The van der Waals surface area contributed by atoms with Crippen LogP contribution in [-0.4, -0.2) is 38.2 Å². The number of hydrogen-bond acceptors (Lipinski definition) is 3. The summed E-state index contributed by atoms with van der Waals surface area (Å²) in [6.45, 7) is 5.54. The second-order valence-corrected chi connectivity index (χ2v) is 5.66. The van der Waals surface area contributed by atoms with Crippen LogP contribution in [0.4, 0.5) is 0 Å². The summed E-state index contributed by atoms with van der Waals surface area (Å²) in [5.74, 6) is -0.0264. The van der Waals surface area contributed by atoms with Crippen molar-refractivity contribution in [1.82, 2.24) is 19.7 Å². The number of carbonyl (C=O) groups is 1. The van der Waals surface area contributed by atoms with Crippen molar-refractivity contribution in [3.8, 4) is 11.3 Å². The molecule has 0 aromatic heterocycles. The molecule has 0 radical (unpaired) electrons. The first kappa shape index (κ1) is 13.9. The molecule has 0 aliphatic carbocycles. The third-order valence-corrected chi connectivity index (χ3v) is 4.27. The third kappa shape index (κ3) is 2.34. The molecule has 6 heteroatoms. The van der Waals surface area contributed by atoms with Gasteiger partial charge in [-0.1, -0.05) is 0 Å². The van der Waals surface area contributed by atoms with E-state index in [1.807, 2.05) is 16.4 Å². The van der Waals surface area contributed by atoms with E-state index in [0.29, 0.717) is 23.4 Å². The van der Waals surface area contributed by atoms with E-state index in [0.717, 1.165) is 25.8 Å². The number of fused-ring (bicyclic) bond motifs is 1. The summed E-state index contributed by atoms with van der Waals surface area (Å²) in [5.41, 5.74) is 1.23. The summed E-state index contributed by atoms with van der Waals surface area (Å²) < 4.78 is 1.86. The molecule has 0 spiro atoms. The number of H-pyrrole nitrogens is 1. The lowest BCUT2D eigenvalue weighted by molar-refractivity contribution is 0.0635.